The lowest BCUT2D eigenvalue weighted by atomic mass is 10.1. The monoisotopic (exact) mass is 260 g/mol. The van der Waals surface area contributed by atoms with Crippen molar-refractivity contribution in [2.45, 2.75) is 6.92 Å². The number of aliphatic carboxylic acids is 1. The fraction of sp³-hybridized carbons (Fsp3) is 0.300. The van der Waals surface area contributed by atoms with Gasteiger partial charge in [0.25, 0.3) is 5.69 Å². The van der Waals surface area contributed by atoms with Crippen molar-refractivity contribution in [1.29, 1.82) is 0 Å². The van der Waals surface area contributed by atoms with E-state index in [1.807, 2.05) is 0 Å². The highest BCUT2D eigenvalue weighted by Crippen LogP contribution is 2.29. The summed E-state index contributed by atoms with van der Waals surface area (Å²) >= 11 is 0. The topological polar surface area (TPSA) is 92.5 Å². The molecule has 0 aromatic heterocycles. The molecule has 0 bridgehead atoms. The van der Waals surface area contributed by atoms with E-state index in [1.165, 1.54) is 6.92 Å². The van der Waals surface area contributed by atoms with E-state index in [-0.39, 0.29) is 6.54 Å². The number of halogens is 2. The van der Waals surface area contributed by atoms with Crippen molar-refractivity contribution in [3.63, 3.8) is 0 Å². The van der Waals surface area contributed by atoms with Gasteiger partial charge in [0.05, 0.1) is 10.8 Å². The van der Waals surface area contributed by atoms with E-state index in [0.29, 0.717) is 6.07 Å². The van der Waals surface area contributed by atoms with Crippen LogP contribution in [0.15, 0.2) is 12.1 Å². The van der Waals surface area contributed by atoms with Gasteiger partial charge in [0, 0.05) is 12.6 Å². The lowest BCUT2D eigenvalue weighted by molar-refractivity contribution is -0.384. The number of nitro groups is 1. The minimum Gasteiger partial charge on any atom is -0.481 e. The molecule has 0 aliphatic heterocycles. The molecule has 8 heteroatoms. The second kappa shape index (κ2) is 5.39. The highest BCUT2D eigenvalue weighted by Gasteiger charge is 2.22. The first-order valence-electron chi connectivity index (χ1n) is 4.93. The average Bonchev–Trinajstić information content (AvgIpc) is 2.29. The second-order valence-corrected chi connectivity index (χ2v) is 3.63. The molecule has 1 rings (SSSR count). The molecule has 0 saturated carbocycles. The SMILES string of the molecule is CC(CNc1c([N+](=O)[O-])ccc(F)c1F)C(=O)O. The minimum atomic E-state index is -1.40. The molecule has 0 fully saturated rings. The van der Waals surface area contributed by atoms with Crippen molar-refractivity contribution in [1.82, 2.24) is 0 Å². The molecule has 0 amide bonds. The van der Waals surface area contributed by atoms with Gasteiger partial charge in [0.15, 0.2) is 17.3 Å². The fourth-order valence-electron chi connectivity index (χ4n) is 1.20. The Morgan fingerprint density at radius 2 is 2.17 bits per heavy atom. The maximum Gasteiger partial charge on any atom is 0.308 e. The van der Waals surface area contributed by atoms with Gasteiger partial charge < -0.3 is 10.4 Å². The smallest absolute Gasteiger partial charge is 0.308 e. The summed E-state index contributed by atoms with van der Waals surface area (Å²) in [5.41, 5.74) is -1.29. The summed E-state index contributed by atoms with van der Waals surface area (Å²) in [7, 11) is 0. The maximum absolute atomic E-state index is 13.4. The van der Waals surface area contributed by atoms with E-state index in [2.05, 4.69) is 5.32 Å². The molecule has 0 radical (unpaired) electrons. The van der Waals surface area contributed by atoms with Crippen LogP contribution in [-0.4, -0.2) is 22.5 Å². The predicted octanol–water partition coefficient (Wildman–Crippen LogP) is 2.01. The molecular formula is C10H10F2N2O4. The summed E-state index contributed by atoms with van der Waals surface area (Å²) in [6.45, 7) is 1.08. The van der Waals surface area contributed by atoms with Gasteiger partial charge in [-0.1, -0.05) is 6.92 Å². The Kier molecular flexibility index (Phi) is 4.13. The zero-order valence-corrected chi connectivity index (χ0v) is 9.31. The van der Waals surface area contributed by atoms with Crippen LogP contribution >= 0.6 is 0 Å². The van der Waals surface area contributed by atoms with Crippen LogP contribution in [0.25, 0.3) is 0 Å². The van der Waals surface area contributed by atoms with Crippen LogP contribution in [0.2, 0.25) is 0 Å². The Morgan fingerprint density at radius 1 is 1.56 bits per heavy atom. The first-order chi connectivity index (χ1) is 8.34. The first-order valence-corrected chi connectivity index (χ1v) is 4.93. The van der Waals surface area contributed by atoms with Crippen molar-refractivity contribution >= 4 is 17.3 Å². The largest absolute Gasteiger partial charge is 0.481 e. The maximum atomic E-state index is 13.4. The van der Waals surface area contributed by atoms with E-state index < -0.39 is 39.8 Å². The zero-order chi connectivity index (χ0) is 13.9. The van der Waals surface area contributed by atoms with E-state index >= 15 is 0 Å². The number of carboxylic acid groups (broad SMARTS) is 1. The number of carbonyl (C=O) groups is 1. The molecule has 1 aromatic carbocycles. The van der Waals surface area contributed by atoms with Crippen molar-refractivity contribution in [2.75, 3.05) is 11.9 Å². The third kappa shape index (κ3) is 2.90. The van der Waals surface area contributed by atoms with Gasteiger partial charge in [0.1, 0.15) is 0 Å². The van der Waals surface area contributed by atoms with Crippen LogP contribution < -0.4 is 5.32 Å². The number of nitrogens with one attached hydrogen (secondary N) is 1. The van der Waals surface area contributed by atoms with E-state index in [0.717, 1.165) is 6.07 Å². The number of anilines is 1. The van der Waals surface area contributed by atoms with Crippen molar-refractivity contribution in [3.8, 4) is 0 Å². The zero-order valence-electron chi connectivity index (χ0n) is 9.31. The number of benzene rings is 1. The number of hydrogen-bond donors (Lipinski definition) is 2. The van der Waals surface area contributed by atoms with Crippen molar-refractivity contribution in [3.05, 3.63) is 33.9 Å². The Hall–Kier alpha value is -2.25. The Labute approximate surface area is 100 Å². The first kappa shape index (κ1) is 13.8. The molecule has 18 heavy (non-hydrogen) atoms. The molecule has 0 aliphatic carbocycles. The van der Waals surface area contributed by atoms with Gasteiger partial charge in [0.2, 0.25) is 0 Å². The number of nitrogens with zero attached hydrogens (tertiary/aromatic N) is 1. The number of nitro benzene ring substituents is 1. The molecule has 1 aromatic rings. The summed E-state index contributed by atoms with van der Waals surface area (Å²) < 4.78 is 26.3. The molecule has 6 nitrogen and oxygen atoms in total. The van der Waals surface area contributed by atoms with Crippen LogP contribution in [-0.2, 0) is 4.79 Å². The summed E-state index contributed by atoms with van der Waals surface area (Å²) in [5, 5.41) is 21.5. The highest BCUT2D eigenvalue weighted by molar-refractivity contribution is 5.71. The molecular weight excluding hydrogens is 250 g/mol. The van der Waals surface area contributed by atoms with Crippen LogP contribution in [0.5, 0.6) is 0 Å². The van der Waals surface area contributed by atoms with Crippen LogP contribution in [0.3, 0.4) is 0 Å². The molecule has 0 aliphatic rings. The van der Waals surface area contributed by atoms with Crippen molar-refractivity contribution < 1.29 is 23.6 Å². The lowest BCUT2D eigenvalue weighted by Crippen LogP contribution is -2.20. The number of rotatable bonds is 5. The van der Waals surface area contributed by atoms with Crippen LogP contribution in [0, 0.1) is 27.7 Å². The van der Waals surface area contributed by atoms with Gasteiger partial charge in [-0.25, -0.2) is 8.78 Å². The van der Waals surface area contributed by atoms with Gasteiger partial charge >= 0.3 is 5.97 Å². The summed E-state index contributed by atoms with van der Waals surface area (Å²) in [4.78, 5) is 20.3. The van der Waals surface area contributed by atoms with E-state index in [1.54, 1.807) is 0 Å². The van der Waals surface area contributed by atoms with Gasteiger partial charge in [-0.05, 0) is 6.07 Å². The normalized spacial score (nSPS) is 11.9. The minimum absolute atomic E-state index is 0.253. The lowest BCUT2D eigenvalue weighted by Gasteiger charge is -2.10. The molecule has 0 saturated heterocycles. The number of hydrogen-bond acceptors (Lipinski definition) is 4. The van der Waals surface area contributed by atoms with Crippen LogP contribution in [0.1, 0.15) is 6.92 Å². The predicted molar refractivity (Wildman–Crippen MR) is 58.3 cm³/mol. The molecule has 0 heterocycles. The molecule has 1 unspecified atom stereocenters. The standard InChI is InChI=1S/C10H10F2N2O4/c1-5(10(15)16)4-13-9-7(14(17)18)3-2-6(11)8(9)12/h2-3,5,13H,4H2,1H3,(H,15,16). The van der Waals surface area contributed by atoms with Crippen LogP contribution in [0.4, 0.5) is 20.2 Å². The third-order valence-electron chi connectivity index (χ3n) is 2.28. The molecule has 2 N–H and O–H groups in total. The quantitative estimate of drug-likeness (QED) is 0.624. The Bertz CT molecular complexity index is 493. The van der Waals surface area contributed by atoms with E-state index in [4.69, 9.17) is 5.11 Å². The summed E-state index contributed by atoms with van der Waals surface area (Å²) in [6, 6.07) is 1.45. The van der Waals surface area contributed by atoms with Crippen molar-refractivity contribution in [2.24, 2.45) is 5.92 Å². The number of carboxylic acids is 1. The highest BCUT2D eigenvalue weighted by atomic mass is 19.2. The third-order valence-corrected chi connectivity index (χ3v) is 2.28. The second-order valence-electron chi connectivity index (χ2n) is 3.63. The van der Waals surface area contributed by atoms with E-state index in [9.17, 15) is 23.7 Å². The molecule has 1 atom stereocenters. The molecule has 98 valence electrons. The summed E-state index contributed by atoms with van der Waals surface area (Å²) in [5.74, 6) is -4.69. The Balaban J connectivity index is 3.02. The molecule has 0 spiro atoms. The average molecular weight is 260 g/mol. The van der Waals surface area contributed by atoms with Gasteiger partial charge in [-0.3, -0.25) is 14.9 Å². The van der Waals surface area contributed by atoms with Gasteiger partial charge in [-0.2, -0.15) is 0 Å². The summed E-state index contributed by atoms with van der Waals surface area (Å²) in [6.07, 6.45) is 0. The van der Waals surface area contributed by atoms with Gasteiger partial charge in [-0.15, -0.1) is 0 Å². The fourth-order valence-corrected chi connectivity index (χ4v) is 1.20. The Morgan fingerprint density at radius 3 is 2.67 bits per heavy atom.